The van der Waals surface area contributed by atoms with Crippen molar-refractivity contribution in [3.8, 4) is 5.75 Å². The Bertz CT molecular complexity index is 733. The van der Waals surface area contributed by atoms with Crippen molar-refractivity contribution in [2.45, 2.75) is 32.4 Å². The van der Waals surface area contributed by atoms with Gasteiger partial charge in [0.15, 0.2) is 6.10 Å². The lowest BCUT2D eigenvalue weighted by atomic mass is 9.95. The number of amides is 1. The first-order valence-corrected chi connectivity index (χ1v) is 9.01. The molecule has 0 saturated carbocycles. The Morgan fingerprint density at radius 2 is 1.88 bits per heavy atom. The number of carbonyl (C=O) groups excluding carboxylic acids is 1. The molecule has 3 rings (SSSR count). The number of benzene rings is 2. The largest absolute Gasteiger partial charge is 0.478 e. The summed E-state index contributed by atoms with van der Waals surface area (Å²) in [5.74, 6) is 0.653. The zero-order valence-electron chi connectivity index (χ0n) is 14.5. The molecular weight excluding hydrogens is 336 g/mol. The lowest BCUT2D eigenvalue weighted by Gasteiger charge is -2.47. The number of para-hydroxylation sites is 1. The summed E-state index contributed by atoms with van der Waals surface area (Å²) < 4.78 is 5.96. The minimum atomic E-state index is -0.481. The summed E-state index contributed by atoms with van der Waals surface area (Å²) in [4.78, 5) is 14.6. The molecule has 0 aromatic heterocycles. The highest BCUT2D eigenvalue weighted by molar-refractivity contribution is 6.30. The fourth-order valence-corrected chi connectivity index (χ4v) is 3.19. The predicted molar refractivity (Wildman–Crippen MR) is 101 cm³/mol. The van der Waals surface area contributed by atoms with E-state index in [4.69, 9.17) is 16.3 Å². The Morgan fingerprint density at radius 1 is 1.16 bits per heavy atom. The van der Waals surface area contributed by atoms with Crippen molar-refractivity contribution >= 4 is 23.2 Å². The van der Waals surface area contributed by atoms with Gasteiger partial charge in [0.2, 0.25) is 0 Å². The molecule has 4 nitrogen and oxygen atoms in total. The number of rotatable bonds is 7. The van der Waals surface area contributed by atoms with E-state index in [0.717, 1.165) is 24.2 Å². The minimum Gasteiger partial charge on any atom is -0.478 e. The third kappa shape index (κ3) is 3.80. The summed E-state index contributed by atoms with van der Waals surface area (Å²) in [6.45, 7) is 5.76. The van der Waals surface area contributed by atoms with Gasteiger partial charge in [-0.1, -0.05) is 36.7 Å². The molecule has 1 saturated heterocycles. The highest BCUT2D eigenvalue weighted by Crippen LogP contribution is 2.33. The van der Waals surface area contributed by atoms with Gasteiger partial charge in [0.05, 0.1) is 6.04 Å². The van der Waals surface area contributed by atoms with E-state index in [0.29, 0.717) is 17.3 Å². The molecule has 1 aliphatic heterocycles. The number of ether oxygens (including phenoxy) is 1. The molecular formula is C20H23ClN2O2. The number of halogens is 1. The summed E-state index contributed by atoms with van der Waals surface area (Å²) in [5.41, 5.74) is 2.04. The van der Waals surface area contributed by atoms with Crippen LogP contribution in [-0.4, -0.2) is 31.1 Å². The molecule has 0 spiro atoms. The van der Waals surface area contributed by atoms with Crippen LogP contribution < -0.4 is 15.0 Å². The Morgan fingerprint density at radius 3 is 2.56 bits per heavy atom. The summed E-state index contributed by atoms with van der Waals surface area (Å²) >= 11 is 5.92. The fraction of sp³-hybridized carbons (Fsp3) is 0.350. The summed E-state index contributed by atoms with van der Waals surface area (Å²) in [6, 6.07) is 15.0. The van der Waals surface area contributed by atoms with Gasteiger partial charge in [-0.25, -0.2) is 0 Å². The Balaban J connectivity index is 1.79. The van der Waals surface area contributed by atoms with Gasteiger partial charge in [-0.3, -0.25) is 4.79 Å². The molecule has 0 radical (unpaired) electrons. The van der Waals surface area contributed by atoms with Crippen molar-refractivity contribution in [3.63, 3.8) is 0 Å². The third-order valence-electron chi connectivity index (χ3n) is 4.39. The SMILES string of the molecule is CCCNC[C@H]1[C@@H](Oc2ccc(Cl)cc2)C(=O)N1c1ccccc1C. The first-order valence-electron chi connectivity index (χ1n) is 8.63. The monoisotopic (exact) mass is 358 g/mol. The van der Waals surface area contributed by atoms with Gasteiger partial charge in [0, 0.05) is 17.3 Å². The number of β-lactam (4-membered cyclic amide) rings is 1. The van der Waals surface area contributed by atoms with Crippen LogP contribution in [0.2, 0.25) is 5.02 Å². The molecule has 2 aromatic rings. The molecule has 1 amide bonds. The first-order chi connectivity index (χ1) is 12.1. The topological polar surface area (TPSA) is 41.6 Å². The number of nitrogens with one attached hydrogen (secondary N) is 1. The van der Waals surface area contributed by atoms with E-state index in [2.05, 4.69) is 12.2 Å². The number of carbonyl (C=O) groups is 1. The van der Waals surface area contributed by atoms with Gasteiger partial charge in [-0.2, -0.15) is 0 Å². The summed E-state index contributed by atoms with van der Waals surface area (Å²) in [6.07, 6.45) is 0.568. The molecule has 1 aliphatic rings. The van der Waals surface area contributed by atoms with Crippen molar-refractivity contribution in [1.29, 1.82) is 0 Å². The third-order valence-corrected chi connectivity index (χ3v) is 4.65. The van der Waals surface area contributed by atoms with Crippen molar-refractivity contribution in [3.05, 3.63) is 59.1 Å². The standard InChI is InChI=1S/C20H23ClN2O2/c1-3-12-22-13-18-19(25-16-10-8-15(21)9-11-16)20(24)23(18)17-7-5-4-6-14(17)2/h4-11,18-19,22H,3,12-13H2,1-2H3/t18-,19+/m0/s1. The maximum atomic E-state index is 12.8. The smallest absolute Gasteiger partial charge is 0.270 e. The quantitative estimate of drug-likeness (QED) is 0.604. The second-order valence-corrected chi connectivity index (χ2v) is 6.70. The normalized spacial score (nSPS) is 19.6. The van der Waals surface area contributed by atoms with E-state index in [1.807, 2.05) is 36.1 Å². The van der Waals surface area contributed by atoms with Gasteiger partial charge in [-0.05, 0) is 55.8 Å². The van der Waals surface area contributed by atoms with Gasteiger partial charge in [0.1, 0.15) is 5.75 Å². The average molecular weight is 359 g/mol. The molecule has 25 heavy (non-hydrogen) atoms. The van der Waals surface area contributed by atoms with Crippen molar-refractivity contribution < 1.29 is 9.53 Å². The fourth-order valence-electron chi connectivity index (χ4n) is 3.06. The molecule has 2 aromatic carbocycles. The van der Waals surface area contributed by atoms with Crippen molar-refractivity contribution in [2.75, 3.05) is 18.0 Å². The number of anilines is 1. The number of nitrogens with zero attached hydrogens (tertiary/aromatic N) is 1. The zero-order chi connectivity index (χ0) is 17.8. The van der Waals surface area contributed by atoms with Crippen LogP contribution in [0.3, 0.4) is 0 Å². The lowest BCUT2D eigenvalue weighted by molar-refractivity contribution is -0.134. The van der Waals surface area contributed by atoms with Gasteiger partial charge < -0.3 is 15.0 Å². The van der Waals surface area contributed by atoms with Crippen molar-refractivity contribution in [1.82, 2.24) is 5.32 Å². The second kappa shape index (κ2) is 7.89. The Hall–Kier alpha value is -2.04. The number of aryl methyl sites for hydroxylation is 1. The molecule has 0 aliphatic carbocycles. The molecule has 1 heterocycles. The predicted octanol–water partition coefficient (Wildman–Crippen LogP) is 3.81. The maximum Gasteiger partial charge on any atom is 0.270 e. The Kier molecular flexibility index (Phi) is 5.61. The van der Waals surface area contributed by atoms with Gasteiger partial charge >= 0.3 is 0 Å². The first kappa shape index (κ1) is 17.8. The van der Waals surface area contributed by atoms with Gasteiger partial charge in [0.25, 0.3) is 5.91 Å². The number of hydrogen-bond donors (Lipinski definition) is 1. The molecule has 0 bridgehead atoms. The van der Waals surface area contributed by atoms with Crippen molar-refractivity contribution in [2.24, 2.45) is 0 Å². The van der Waals surface area contributed by atoms with E-state index in [9.17, 15) is 4.79 Å². The Labute approximate surface area is 153 Å². The van der Waals surface area contributed by atoms with Crippen LogP contribution in [-0.2, 0) is 4.79 Å². The minimum absolute atomic E-state index is 0.00690. The summed E-state index contributed by atoms with van der Waals surface area (Å²) in [5, 5.41) is 4.05. The van der Waals surface area contributed by atoms with E-state index in [1.54, 1.807) is 24.3 Å². The molecule has 1 N–H and O–H groups in total. The van der Waals surface area contributed by atoms with Crippen LogP contribution >= 0.6 is 11.6 Å². The highest BCUT2D eigenvalue weighted by Gasteiger charge is 2.50. The number of hydrogen-bond acceptors (Lipinski definition) is 3. The van der Waals surface area contributed by atoms with E-state index < -0.39 is 6.10 Å². The van der Waals surface area contributed by atoms with E-state index in [1.165, 1.54) is 0 Å². The van der Waals surface area contributed by atoms with Crippen LogP contribution in [0.4, 0.5) is 5.69 Å². The second-order valence-electron chi connectivity index (χ2n) is 6.26. The molecule has 1 fully saturated rings. The van der Waals surface area contributed by atoms with Crippen LogP contribution in [0.15, 0.2) is 48.5 Å². The molecule has 2 atom stereocenters. The van der Waals surface area contributed by atoms with Crippen LogP contribution in [0.5, 0.6) is 5.75 Å². The summed E-state index contributed by atoms with van der Waals surface area (Å²) in [7, 11) is 0. The van der Waals surface area contributed by atoms with Crippen LogP contribution in [0.1, 0.15) is 18.9 Å². The molecule has 5 heteroatoms. The maximum absolute atomic E-state index is 12.8. The zero-order valence-corrected chi connectivity index (χ0v) is 15.3. The lowest BCUT2D eigenvalue weighted by Crippen LogP contribution is -2.70. The van der Waals surface area contributed by atoms with Crippen LogP contribution in [0.25, 0.3) is 0 Å². The molecule has 0 unspecified atom stereocenters. The van der Waals surface area contributed by atoms with E-state index in [-0.39, 0.29) is 11.9 Å². The van der Waals surface area contributed by atoms with Crippen LogP contribution in [0, 0.1) is 6.92 Å². The van der Waals surface area contributed by atoms with E-state index >= 15 is 0 Å². The average Bonchev–Trinajstić information content (AvgIpc) is 2.62. The van der Waals surface area contributed by atoms with Gasteiger partial charge in [-0.15, -0.1) is 0 Å². The molecule has 132 valence electrons. The highest BCUT2D eigenvalue weighted by atomic mass is 35.5.